The number of ether oxygens (including phenoxy) is 1. The first kappa shape index (κ1) is 17.8. The molecule has 1 aromatic carbocycles. The molecular formula is C17H23ClN2O3. The number of halogens is 1. The van der Waals surface area contributed by atoms with Gasteiger partial charge >= 0.3 is 0 Å². The van der Waals surface area contributed by atoms with Gasteiger partial charge < -0.3 is 15.4 Å². The molecule has 1 aliphatic carbocycles. The molecule has 1 aliphatic rings. The van der Waals surface area contributed by atoms with Crippen LogP contribution >= 0.6 is 11.6 Å². The van der Waals surface area contributed by atoms with Gasteiger partial charge in [-0.3, -0.25) is 9.59 Å². The Kier molecular flexibility index (Phi) is 6.86. The molecule has 2 amide bonds. The molecule has 0 spiro atoms. The number of anilines is 1. The second-order valence-electron chi connectivity index (χ2n) is 5.77. The van der Waals surface area contributed by atoms with Gasteiger partial charge in [0, 0.05) is 25.1 Å². The standard InChI is InChI=1S/C17H23ClN2O3/c1-23-10-9-19-16(21)13-7-8-14(18)15(11-13)20-17(22)12-5-3-2-4-6-12/h7-8,11-12H,2-6,9-10H2,1H3,(H,19,21)(H,20,22). The van der Waals surface area contributed by atoms with Gasteiger partial charge in [-0.2, -0.15) is 0 Å². The summed E-state index contributed by atoms with van der Waals surface area (Å²) in [5, 5.41) is 6.04. The largest absolute Gasteiger partial charge is 0.383 e. The summed E-state index contributed by atoms with van der Waals surface area (Å²) < 4.78 is 4.90. The summed E-state index contributed by atoms with van der Waals surface area (Å²) >= 11 is 6.14. The van der Waals surface area contributed by atoms with Gasteiger partial charge in [-0.15, -0.1) is 0 Å². The summed E-state index contributed by atoms with van der Waals surface area (Å²) in [7, 11) is 1.58. The van der Waals surface area contributed by atoms with E-state index in [4.69, 9.17) is 16.3 Å². The Bertz CT molecular complexity index is 557. The zero-order chi connectivity index (χ0) is 16.7. The average molecular weight is 339 g/mol. The van der Waals surface area contributed by atoms with Crippen molar-refractivity contribution in [2.45, 2.75) is 32.1 Å². The van der Waals surface area contributed by atoms with Gasteiger partial charge in [0.1, 0.15) is 0 Å². The molecule has 126 valence electrons. The van der Waals surface area contributed by atoms with Crippen LogP contribution in [0.25, 0.3) is 0 Å². The van der Waals surface area contributed by atoms with Gasteiger partial charge in [-0.1, -0.05) is 30.9 Å². The molecule has 23 heavy (non-hydrogen) atoms. The summed E-state index contributed by atoms with van der Waals surface area (Å²) in [4.78, 5) is 24.4. The zero-order valence-electron chi connectivity index (χ0n) is 13.4. The molecule has 0 aromatic heterocycles. The number of methoxy groups -OCH3 is 1. The van der Waals surface area contributed by atoms with Crippen molar-refractivity contribution < 1.29 is 14.3 Å². The minimum absolute atomic E-state index is 0.0106. The third-order valence-corrected chi connectivity index (χ3v) is 4.38. The van der Waals surface area contributed by atoms with Crippen molar-refractivity contribution in [2.24, 2.45) is 5.92 Å². The van der Waals surface area contributed by atoms with Crippen LogP contribution in [0.1, 0.15) is 42.5 Å². The van der Waals surface area contributed by atoms with Crippen molar-refractivity contribution in [1.29, 1.82) is 0 Å². The summed E-state index contributed by atoms with van der Waals surface area (Å²) in [5.74, 6) is -0.186. The lowest BCUT2D eigenvalue weighted by atomic mass is 9.88. The molecule has 1 saturated carbocycles. The number of carbonyl (C=O) groups excluding carboxylic acids is 2. The molecule has 0 atom stereocenters. The number of carbonyl (C=O) groups is 2. The fraction of sp³-hybridized carbons (Fsp3) is 0.529. The molecule has 2 rings (SSSR count). The zero-order valence-corrected chi connectivity index (χ0v) is 14.1. The molecule has 6 heteroatoms. The van der Waals surface area contributed by atoms with Crippen LogP contribution in [0.5, 0.6) is 0 Å². The fourth-order valence-corrected chi connectivity index (χ4v) is 2.90. The van der Waals surface area contributed by atoms with E-state index in [1.807, 2.05) is 0 Å². The van der Waals surface area contributed by atoms with E-state index >= 15 is 0 Å². The number of benzene rings is 1. The maximum atomic E-state index is 12.3. The first-order chi connectivity index (χ1) is 11.1. The Morgan fingerprint density at radius 1 is 1.26 bits per heavy atom. The van der Waals surface area contributed by atoms with Crippen LogP contribution in [0.15, 0.2) is 18.2 Å². The highest BCUT2D eigenvalue weighted by molar-refractivity contribution is 6.33. The normalized spacial score (nSPS) is 15.2. The Labute approximate surface area is 141 Å². The third kappa shape index (κ3) is 5.22. The van der Waals surface area contributed by atoms with E-state index in [0.29, 0.717) is 29.4 Å². The third-order valence-electron chi connectivity index (χ3n) is 4.05. The Hall–Kier alpha value is -1.59. The predicted octanol–water partition coefficient (Wildman–Crippen LogP) is 3.24. The lowest BCUT2D eigenvalue weighted by Crippen LogP contribution is -2.27. The smallest absolute Gasteiger partial charge is 0.251 e. The van der Waals surface area contributed by atoms with Gasteiger partial charge in [0.2, 0.25) is 5.91 Å². The SMILES string of the molecule is COCCNC(=O)c1ccc(Cl)c(NC(=O)C2CCCCC2)c1. The molecule has 0 radical (unpaired) electrons. The van der Waals surface area contributed by atoms with Crippen LogP contribution in [-0.4, -0.2) is 32.1 Å². The minimum atomic E-state index is -0.216. The molecule has 0 saturated heterocycles. The molecule has 0 aliphatic heterocycles. The van der Waals surface area contributed by atoms with Crippen molar-refractivity contribution in [3.63, 3.8) is 0 Å². The number of nitrogens with one attached hydrogen (secondary N) is 2. The van der Waals surface area contributed by atoms with E-state index in [1.54, 1.807) is 25.3 Å². The second-order valence-corrected chi connectivity index (χ2v) is 6.17. The number of rotatable bonds is 6. The lowest BCUT2D eigenvalue weighted by molar-refractivity contribution is -0.120. The number of hydrogen-bond acceptors (Lipinski definition) is 3. The molecule has 2 N–H and O–H groups in total. The van der Waals surface area contributed by atoms with Crippen molar-refractivity contribution in [2.75, 3.05) is 25.6 Å². The Balaban J connectivity index is 2.01. The van der Waals surface area contributed by atoms with Gasteiger partial charge in [-0.05, 0) is 31.0 Å². The summed E-state index contributed by atoms with van der Waals surface area (Å²) in [5.41, 5.74) is 0.950. The average Bonchev–Trinajstić information content (AvgIpc) is 2.57. The lowest BCUT2D eigenvalue weighted by Gasteiger charge is -2.21. The van der Waals surface area contributed by atoms with Crippen molar-refractivity contribution in [3.8, 4) is 0 Å². The molecule has 0 unspecified atom stereocenters. The fourth-order valence-electron chi connectivity index (χ4n) is 2.73. The number of amides is 2. The second kappa shape index (κ2) is 8.89. The Morgan fingerprint density at radius 3 is 2.70 bits per heavy atom. The van der Waals surface area contributed by atoms with Crippen molar-refractivity contribution in [1.82, 2.24) is 5.32 Å². The summed E-state index contributed by atoms with van der Waals surface area (Å²) in [6.45, 7) is 0.881. The highest BCUT2D eigenvalue weighted by atomic mass is 35.5. The van der Waals surface area contributed by atoms with Crippen LogP contribution in [0.4, 0.5) is 5.69 Å². The van der Waals surface area contributed by atoms with E-state index in [0.717, 1.165) is 25.7 Å². The molecule has 0 heterocycles. The first-order valence-corrected chi connectivity index (χ1v) is 8.37. The van der Waals surface area contributed by atoms with Gasteiger partial charge in [-0.25, -0.2) is 0 Å². The highest BCUT2D eigenvalue weighted by Crippen LogP contribution is 2.28. The van der Waals surface area contributed by atoms with Gasteiger partial charge in [0.05, 0.1) is 17.3 Å². The van der Waals surface area contributed by atoms with Crippen molar-refractivity contribution >= 4 is 29.1 Å². The van der Waals surface area contributed by atoms with Gasteiger partial charge in [0.15, 0.2) is 0 Å². The van der Waals surface area contributed by atoms with Crippen LogP contribution < -0.4 is 10.6 Å². The first-order valence-electron chi connectivity index (χ1n) is 7.99. The molecule has 1 fully saturated rings. The Morgan fingerprint density at radius 2 is 2.00 bits per heavy atom. The van der Waals surface area contributed by atoms with E-state index < -0.39 is 0 Å². The highest BCUT2D eigenvalue weighted by Gasteiger charge is 2.22. The monoisotopic (exact) mass is 338 g/mol. The van der Waals surface area contributed by atoms with Crippen LogP contribution in [0, 0.1) is 5.92 Å². The van der Waals surface area contributed by atoms with E-state index in [1.165, 1.54) is 6.42 Å². The van der Waals surface area contributed by atoms with E-state index in [9.17, 15) is 9.59 Å². The maximum absolute atomic E-state index is 12.3. The summed E-state index contributed by atoms with van der Waals surface area (Å²) in [6.07, 6.45) is 5.21. The van der Waals surface area contributed by atoms with E-state index in [-0.39, 0.29) is 17.7 Å². The minimum Gasteiger partial charge on any atom is -0.383 e. The molecule has 1 aromatic rings. The van der Waals surface area contributed by atoms with Crippen LogP contribution in [0.3, 0.4) is 0 Å². The van der Waals surface area contributed by atoms with Crippen LogP contribution in [-0.2, 0) is 9.53 Å². The van der Waals surface area contributed by atoms with Crippen molar-refractivity contribution in [3.05, 3.63) is 28.8 Å². The van der Waals surface area contributed by atoms with Gasteiger partial charge in [0.25, 0.3) is 5.91 Å². The molecular weight excluding hydrogens is 316 g/mol. The molecule has 0 bridgehead atoms. The summed E-state index contributed by atoms with van der Waals surface area (Å²) in [6, 6.07) is 4.88. The maximum Gasteiger partial charge on any atom is 0.251 e. The van der Waals surface area contributed by atoms with E-state index in [2.05, 4.69) is 10.6 Å². The number of hydrogen-bond donors (Lipinski definition) is 2. The molecule has 5 nitrogen and oxygen atoms in total. The van der Waals surface area contributed by atoms with Crippen LogP contribution in [0.2, 0.25) is 5.02 Å². The topological polar surface area (TPSA) is 67.4 Å². The predicted molar refractivity (Wildman–Crippen MR) is 90.9 cm³/mol. The quantitative estimate of drug-likeness (QED) is 0.782.